The van der Waals surface area contributed by atoms with Crippen molar-refractivity contribution < 1.29 is 19.3 Å². The molecule has 4 nitrogen and oxygen atoms in total. The Morgan fingerprint density at radius 2 is 2.07 bits per heavy atom. The minimum absolute atomic E-state index is 0.166. The predicted molar refractivity (Wildman–Crippen MR) is 57.7 cm³/mol. The minimum atomic E-state index is -0.640. The fourth-order valence-corrected chi connectivity index (χ4v) is 2.67. The van der Waals surface area contributed by atoms with Crippen molar-refractivity contribution in [2.24, 2.45) is 0 Å². The zero-order valence-electron chi connectivity index (χ0n) is 9.30. The fraction of sp³-hybridized carbons (Fsp3) is 1.00. The summed E-state index contributed by atoms with van der Waals surface area (Å²) < 4.78 is 16.7. The number of hydrogen-bond acceptors (Lipinski definition) is 5. The smallest absolute Gasteiger partial charge is 0.190 e. The molecule has 0 bridgehead atoms. The van der Waals surface area contributed by atoms with Gasteiger partial charge in [0, 0.05) is 5.75 Å². The molecule has 2 rings (SSSR count). The molecule has 15 heavy (non-hydrogen) atoms. The Hall–Kier alpha value is 0.190. The minimum Gasteiger partial charge on any atom is -0.387 e. The Morgan fingerprint density at radius 3 is 2.67 bits per heavy atom. The average Bonchev–Trinajstić information content (AvgIpc) is 2.58. The first-order chi connectivity index (χ1) is 7.03. The van der Waals surface area contributed by atoms with Crippen molar-refractivity contribution in [2.75, 3.05) is 11.5 Å². The lowest BCUT2D eigenvalue weighted by Crippen LogP contribution is -2.35. The second kappa shape index (κ2) is 4.22. The molecule has 1 N–H and O–H groups in total. The Labute approximate surface area is 94.3 Å². The van der Waals surface area contributed by atoms with Crippen LogP contribution in [-0.2, 0) is 14.2 Å². The van der Waals surface area contributed by atoms with Gasteiger partial charge >= 0.3 is 0 Å². The lowest BCUT2D eigenvalue weighted by Gasteiger charge is -2.22. The summed E-state index contributed by atoms with van der Waals surface area (Å²) in [4.78, 5) is 0. The molecular formula is C10H18O4S. The zero-order valence-corrected chi connectivity index (χ0v) is 10.1. The molecule has 2 fully saturated rings. The topological polar surface area (TPSA) is 47.9 Å². The largest absolute Gasteiger partial charge is 0.387 e. The Balaban J connectivity index is 1.93. The standard InChI is InChI=1S/C10H18O4S/c1-4-15-5-6-7(11)8-9(12-6)14-10(2,3)13-8/h6-9,11H,4-5H2,1-3H3/t6-,7+,8-,9-/m1/s1. The second-order valence-corrected chi connectivity index (χ2v) is 5.61. The van der Waals surface area contributed by atoms with E-state index in [4.69, 9.17) is 14.2 Å². The van der Waals surface area contributed by atoms with E-state index < -0.39 is 18.2 Å². The molecule has 5 heteroatoms. The van der Waals surface area contributed by atoms with Crippen molar-refractivity contribution in [1.82, 2.24) is 0 Å². The number of aliphatic hydroxyl groups is 1. The first kappa shape index (κ1) is 11.7. The molecule has 0 aromatic rings. The van der Waals surface area contributed by atoms with Crippen LogP contribution in [0.2, 0.25) is 0 Å². The van der Waals surface area contributed by atoms with Crippen LogP contribution >= 0.6 is 11.8 Å². The van der Waals surface area contributed by atoms with Crippen molar-refractivity contribution in [3.05, 3.63) is 0 Å². The Bertz CT molecular complexity index is 233. The first-order valence-corrected chi connectivity index (χ1v) is 6.46. The molecule has 0 radical (unpaired) electrons. The molecule has 0 aliphatic carbocycles. The van der Waals surface area contributed by atoms with E-state index in [2.05, 4.69) is 6.92 Å². The SMILES string of the molecule is CCSC[C@H]1O[C@@H]2OC(C)(C)O[C@@H]2[C@H]1O. The molecule has 0 amide bonds. The van der Waals surface area contributed by atoms with E-state index in [0.717, 1.165) is 11.5 Å². The van der Waals surface area contributed by atoms with Crippen molar-refractivity contribution in [3.8, 4) is 0 Å². The highest BCUT2D eigenvalue weighted by Crippen LogP contribution is 2.37. The molecule has 2 aliphatic heterocycles. The van der Waals surface area contributed by atoms with E-state index in [9.17, 15) is 5.11 Å². The summed E-state index contributed by atoms with van der Waals surface area (Å²) in [5.74, 6) is 1.17. The summed E-state index contributed by atoms with van der Waals surface area (Å²) in [7, 11) is 0. The van der Waals surface area contributed by atoms with Gasteiger partial charge in [0.05, 0.1) is 6.10 Å². The lowest BCUT2D eigenvalue weighted by molar-refractivity contribution is -0.211. The summed E-state index contributed by atoms with van der Waals surface area (Å²) in [6.07, 6.45) is -1.48. The van der Waals surface area contributed by atoms with Crippen LogP contribution in [0.15, 0.2) is 0 Å². The van der Waals surface area contributed by atoms with E-state index in [0.29, 0.717) is 0 Å². The van der Waals surface area contributed by atoms with Gasteiger partial charge in [0.25, 0.3) is 0 Å². The molecule has 4 atom stereocenters. The van der Waals surface area contributed by atoms with E-state index in [1.807, 2.05) is 13.8 Å². The van der Waals surface area contributed by atoms with E-state index in [-0.39, 0.29) is 12.2 Å². The van der Waals surface area contributed by atoms with Gasteiger partial charge in [0.2, 0.25) is 0 Å². The van der Waals surface area contributed by atoms with Crippen molar-refractivity contribution >= 4 is 11.8 Å². The van der Waals surface area contributed by atoms with Gasteiger partial charge in [-0.3, -0.25) is 0 Å². The Morgan fingerprint density at radius 1 is 1.33 bits per heavy atom. The first-order valence-electron chi connectivity index (χ1n) is 5.30. The van der Waals surface area contributed by atoms with Crippen molar-refractivity contribution in [3.63, 3.8) is 0 Å². The highest BCUT2D eigenvalue weighted by molar-refractivity contribution is 7.99. The van der Waals surface area contributed by atoms with E-state index in [1.54, 1.807) is 11.8 Å². The maximum Gasteiger partial charge on any atom is 0.190 e. The maximum absolute atomic E-state index is 9.97. The van der Waals surface area contributed by atoms with Gasteiger partial charge in [-0.25, -0.2) is 0 Å². The average molecular weight is 234 g/mol. The van der Waals surface area contributed by atoms with Gasteiger partial charge in [-0.05, 0) is 19.6 Å². The molecule has 0 aromatic carbocycles. The molecule has 2 saturated heterocycles. The molecule has 88 valence electrons. The van der Waals surface area contributed by atoms with Crippen LogP contribution in [0.1, 0.15) is 20.8 Å². The summed E-state index contributed by atoms with van der Waals surface area (Å²) in [5, 5.41) is 9.97. The molecule has 2 aliphatic rings. The second-order valence-electron chi connectivity index (χ2n) is 4.29. The molecule has 0 spiro atoms. The third kappa shape index (κ3) is 2.31. The van der Waals surface area contributed by atoms with Crippen molar-refractivity contribution in [2.45, 2.75) is 51.2 Å². The number of thioether (sulfide) groups is 1. The normalized spacial score (nSPS) is 43.2. The molecular weight excluding hydrogens is 216 g/mol. The highest BCUT2D eigenvalue weighted by atomic mass is 32.2. The lowest BCUT2D eigenvalue weighted by atomic mass is 10.1. The van der Waals surface area contributed by atoms with Crippen LogP contribution in [0.25, 0.3) is 0 Å². The van der Waals surface area contributed by atoms with Crippen LogP contribution in [0, 0.1) is 0 Å². The number of hydrogen-bond donors (Lipinski definition) is 1. The van der Waals surface area contributed by atoms with Crippen LogP contribution in [0.3, 0.4) is 0 Å². The summed E-state index contributed by atoms with van der Waals surface area (Å²) in [6.45, 7) is 5.75. The van der Waals surface area contributed by atoms with Gasteiger partial charge in [0.15, 0.2) is 12.1 Å². The van der Waals surface area contributed by atoms with Gasteiger partial charge in [-0.2, -0.15) is 11.8 Å². The number of aliphatic hydroxyl groups excluding tert-OH is 1. The van der Waals surface area contributed by atoms with Gasteiger partial charge < -0.3 is 19.3 Å². The van der Waals surface area contributed by atoms with Gasteiger partial charge in [0.1, 0.15) is 12.2 Å². The Kier molecular flexibility index (Phi) is 3.28. The molecule has 2 heterocycles. The monoisotopic (exact) mass is 234 g/mol. The summed E-state index contributed by atoms with van der Waals surface area (Å²) in [6, 6.07) is 0. The third-order valence-electron chi connectivity index (χ3n) is 2.60. The van der Waals surface area contributed by atoms with Gasteiger partial charge in [-0.15, -0.1) is 0 Å². The zero-order chi connectivity index (χ0) is 11.1. The molecule has 0 unspecified atom stereocenters. The van der Waals surface area contributed by atoms with Crippen LogP contribution < -0.4 is 0 Å². The number of fused-ring (bicyclic) bond motifs is 1. The van der Waals surface area contributed by atoms with Crippen LogP contribution in [0.4, 0.5) is 0 Å². The number of rotatable bonds is 3. The number of ether oxygens (including phenoxy) is 3. The maximum atomic E-state index is 9.97. The van der Waals surface area contributed by atoms with E-state index >= 15 is 0 Å². The predicted octanol–water partition coefficient (Wildman–Crippen LogP) is 0.977. The summed E-state index contributed by atoms with van der Waals surface area (Å²) >= 11 is 1.75. The highest BCUT2D eigenvalue weighted by Gasteiger charge is 2.53. The molecule has 0 saturated carbocycles. The van der Waals surface area contributed by atoms with Crippen molar-refractivity contribution in [1.29, 1.82) is 0 Å². The molecule has 0 aromatic heterocycles. The summed E-state index contributed by atoms with van der Waals surface area (Å²) in [5.41, 5.74) is 0. The van der Waals surface area contributed by atoms with Crippen LogP contribution in [-0.4, -0.2) is 47.0 Å². The quantitative estimate of drug-likeness (QED) is 0.788. The fourth-order valence-electron chi connectivity index (χ4n) is 1.93. The van der Waals surface area contributed by atoms with Gasteiger partial charge in [-0.1, -0.05) is 6.92 Å². The van der Waals surface area contributed by atoms with Crippen LogP contribution in [0.5, 0.6) is 0 Å². The van der Waals surface area contributed by atoms with E-state index in [1.165, 1.54) is 0 Å². The third-order valence-corrected chi connectivity index (χ3v) is 3.57.